The Morgan fingerprint density at radius 2 is 2.00 bits per heavy atom. The maximum absolute atomic E-state index is 13.1. The summed E-state index contributed by atoms with van der Waals surface area (Å²) in [7, 11) is 0. The molecule has 3 aromatic rings. The number of alkyl halides is 3. The van der Waals surface area contributed by atoms with E-state index < -0.39 is 11.7 Å². The second-order valence-corrected chi connectivity index (χ2v) is 9.10. The SMILES string of the molecule is C[C@@H]1CN(Cc2cccc(C(F)(F)F)c2)C[C@H]1c1nc2c(cnn2C2CCOCC2)c(=O)[nH]1. The van der Waals surface area contributed by atoms with Crippen molar-refractivity contribution in [2.75, 3.05) is 26.3 Å². The quantitative estimate of drug-likeness (QED) is 0.641. The van der Waals surface area contributed by atoms with Crippen molar-refractivity contribution in [3.8, 4) is 0 Å². The smallest absolute Gasteiger partial charge is 0.381 e. The molecule has 0 radical (unpaired) electrons. The predicted octanol–water partition coefficient (Wildman–Crippen LogP) is 3.73. The molecule has 0 spiro atoms. The fourth-order valence-corrected chi connectivity index (χ4v) is 4.98. The molecule has 176 valence electrons. The van der Waals surface area contributed by atoms with E-state index in [-0.39, 0.29) is 23.4 Å². The maximum atomic E-state index is 13.1. The molecule has 2 aliphatic heterocycles. The first-order valence-corrected chi connectivity index (χ1v) is 11.2. The van der Waals surface area contributed by atoms with Crippen molar-refractivity contribution in [3.05, 3.63) is 57.8 Å². The van der Waals surface area contributed by atoms with E-state index in [0.717, 1.165) is 18.9 Å². The van der Waals surface area contributed by atoms with Gasteiger partial charge in [-0.25, -0.2) is 9.67 Å². The molecule has 10 heteroatoms. The first-order valence-electron chi connectivity index (χ1n) is 11.2. The van der Waals surface area contributed by atoms with Gasteiger partial charge in [-0.15, -0.1) is 0 Å². The molecule has 5 rings (SSSR count). The molecule has 4 heterocycles. The number of fused-ring (bicyclic) bond motifs is 1. The Bertz CT molecular complexity index is 1200. The van der Waals surface area contributed by atoms with Crippen molar-refractivity contribution >= 4 is 11.0 Å². The van der Waals surface area contributed by atoms with Crippen molar-refractivity contribution in [1.82, 2.24) is 24.6 Å². The van der Waals surface area contributed by atoms with Gasteiger partial charge in [-0.05, 0) is 30.4 Å². The summed E-state index contributed by atoms with van der Waals surface area (Å²) in [4.78, 5) is 22.6. The van der Waals surface area contributed by atoms with Crippen LogP contribution in [-0.2, 0) is 17.5 Å². The summed E-state index contributed by atoms with van der Waals surface area (Å²) >= 11 is 0. The van der Waals surface area contributed by atoms with E-state index in [1.54, 1.807) is 12.3 Å². The normalized spacial score (nSPS) is 22.9. The monoisotopic (exact) mass is 461 g/mol. The van der Waals surface area contributed by atoms with Gasteiger partial charge < -0.3 is 9.72 Å². The highest BCUT2D eigenvalue weighted by Crippen LogP contribution is 2.33. The first kappa shape index (κ1) is 22.1. The minimum absolute atomic E-state index is 0.0223. The minimum atomic E-state index is -4.36. The Balaban J connectivity index is 1.38. The van der Waals surface area contributed by atoms with Gasteiger partial charge in [0.25, 0.3) is 5.56 Å². The molecule has 2 saturated heterocycles. The van der Waals surface area contributed by atoms with Crippen LogP contribution in [0, 0.1) is 5.92 Å². The average molecular weight is 461 g/mol. The summed E-state index contributed by atoms with van der Waals surface area (Å²) in [6.07, 6.45) is -1.14. The molecular weight excluding hydrogens is 435 g/mol. The van der Waals surface area contributed by atoms with Gasteiger partial charge in [0, 0.05) is 38.8 Å². The number of rotatable bonds is 4. The second-order valence-electron chi connectivity index (χ2n) is 9.10. The van der Waals surface area contributed by atoms with Crippen molar-refractivity contribution < 1.29 is 17.9 Å². The highest BCUT2D eigenvalue weighted by molar-refractivity contribution is 5.73. The summed E-state index contributed by atoms with van der Waals surface area (Å²) in [6, 6.07) is 5.60. The molecule has 2 aliphatic rings. The second kappa shape index (κ2) is 8.57. The third-order valence-electron chi connectivity index (χ3n) is 6.72. The summed E-state index contributed by atoms with van der Waals surface area (Å²) in [5, 5.41) is 4.91. The fourth-order valence-electron chi connectivity index (χ4n) is 4.98. The van der Waals surface area contributed by atoms with E-state index in [2.05, 4.69) is 21.9 Å². The van der Waals surface area contributed by atoms with E-state index in [1.165, 1.54) is 12.1 Å². The minimum Gasteiger partial charge on any atom is -0.381 e. The Morgan fingerprint density at radius 1 is 1.21 bits per heavy atom. The third kappa shape index (κ3) is 4.41. The largest absolute Gasteiger partial charge is 0.416 e. The van der Waals surface area contributed by atoms with Crippen LogP contribution in [0.4, 0.5) is 13.2 Å². The molecule has 0 unspecified atom stereocenters. The molecular formula is C23H26F3N5O2. The third-order valence-corrected chi connectivity index (χ3v) is 6.72. The molecule has 1 N–H and O–H groups in total. The molecule has 0 saturated carbocycles. The van der Waals surface area contributed by atoms with Crippen LogP contribution >= 0.6 is 0 Å². The van der Waals surface area contributed by atoms with Gasteiger partial charge in [-0.1, -0.05) is 25.1 Å². The summed E-state index contributed by atoms with van der Waals surface area (Å²) in [5.41, 5.74) is 0.356. The topological polar surface area (TPSA) is 76.0 Å². The number of halogens is 3. The van der Waals surface area contributed by atoms with Gasteiger partial charge in [0.2, 0.25) is 0 Å². The van der Waals surface area contributed by atoms with E-state index in [1.807, 2.05) is 4.68 Å². The number of H-pyrrole nitrogens is 1. The van der Waals surface area contributed by atoms with E-state index in [9.17, 15) is 18.0 Å². The predicted molar refractivity (Wildman–Crippen MR) is 116 cm³/mol. The lowest BCUT2D eigenvalue weighted by Gasteiger charge is -2.23. The summed E-state index contributed by atoms with van der Waals surface area (Å²) in [6.45, 7) is 5.13. The number of nitrogens with one attached hydrogen (secondary N) is 1. The number of likely N-dealkylation sites (tertiary alicyclic amines) is 1. The molecule has 7 nitrogen and oxygen atoms in total. The van der Waals surface area contributed by atoms with Crippen LogP contribution in [0.15, 0.2) is 35.3 Å². The molecule has 2 aromatic heterocycles. The van der Waals surface area contributed by atoms with Crippen LogP contribution < -0.4 is 5.56 Å². The molecule has 0 aliphatic carbocycles. The van der Waals surface area contributed by atoms with E-state index >= 15 is 0 Å². The fraction of sp³-hybridized carbons (Fsp3) is 0.522. The van der Waals surface area contributed by atoms with Crippen LogP contribution in [-0.4, -0.2) is 51.0 Å². The zero-order valence-electron chi connectivity index (χ0n) is 18.3. The first-order chi connectivity index (χ1) is 15.8. The number of ether oxygens (including phenoxy) is 1. The number of hydrogen-bond acceptors (Lipinski definition) is 5. The average Bonchev–Trinajstić information content (AvgIpc) is 3.37. The van der Waals surface area contributed by atoms with Crippen molar-refractivity contribution in [1.29, 1.82) is 0 Å². The summed E-state index contributed by atoms with van der Waals surface area (Å²) in [5.74, 6) is 0.780. The maximum Gasteiger partial charge on any atom is 0.416 e. The standard InChI is InChI=1S/C23H26F3N5O2/c1-14-11-30(12-15-3-2-4-16(9-15)23(24,25)26)13-19(14)20-28-21-18(22(32)29-20)10-27-31(21)17-5-7-33-8-6-17/h2-4,9-10,14,17,19H,5-8,11-13H2,1H3,(H,28,29,32)/t14-,19-/m1/s1. The van der Waals surface area contributed by atoms with Gasteiger partial charge in [0.15, 0.2) is 5.65 Å². The Hall–Kier alpha value is -2.72. The number of aromatic amines is 1. The van der Waals surface area contributed by atoms with E-state index in [4.69, 9.17) is 9.72 Å². The van der Waals surface area contributed by atoms with Crippen LogP contribution in [0.2, 0.25) is 0 Å². The lowest BCUT2D eigenvalue weighted by Crippen LogP contribution is -2.23. The van der Waals surface area contributed by atoms with E-state index in [0.29, 0.717) is 55.3 Å². The molecule has 2 fully saturated rings. The van der Waals surface area contributed by atoms with Crippen LogP contribution in [0.25, 0.3) is 11.0 Å². The Labute approximate surface area is 188 Å². The van der Waals surface area contributed by atoms with Gasteiger partial charge in [0.1, 0.15) is 11.2 Å². The van der Waals surface area contributed by atoms with Gasteiger partial charge >= 0.3 is 6.18 Å². The van der Waals surface area contributed by atoms with Crippen LogP contribution in [0.3, 0.4) is 0 Å². The van der Waals surface area contributed by atoms with Crippen molar-refractivity contribution in [2.45, 2.75) is 44.4 Å². The highest BCUT2D eigenvalue weighted by atomic mass is 19.4. The van der Waals surface area contributed by atoms with Gasteiger partial charge in [-0.2, -0.15) is 18.3 Å². The zero-order chi connectivity index (χ0) is 23.2. The number of aromatic nitrogens is 4. The lowest BCUT2D eigenvalue weighted by atomic mass is 9.97. The zero-order valence-corrected chi connectivity index (χ0v) is 18.3. The molecule has 33 heavy (non-hydrogen) atoms. The molecule has 1 aromatic carbocycles. The van der Waals surface area contributed by atoms with Gasteiger partial charge in [-0.3, -0.25) is 9.69 Å². The molecule has 0 amide bonds. The molecule has 2 atom stereocenters. The van der Waals surface area contributed by atoms with Crippen LogP contribution in [0.5, 0.6) is 0 Å². The van der Waals surface area contributed by atoms with Crippen molar-refractivity contribution in [3.63, 3.8) is 0 Å². The Morgan fingerprint density at radius 3 is 2.76 bits per heavy atom. The Kier molecular flexibility index (Phi) is 5.74. The molecule has 0 bridgehead atoms. The summed E-state index contributed by atoms with van der Waals surface area (Å²) < 4.78 is 46.5. The van der Waals surface area contributed by atoms with Crippen LogP contribution in [0.1, 0.15) is 48.7 Å². The lowest BCUT2D eigenvalue weighted by molar-refractivity contribution is -0.137. The number of benzene rings is 1. The number of hydrogen-bond donors (Lipinski definition) is 1. The highest BCUT2D eigenvalue weighted by Gasteiger charge is 2.34. The van der Waals surface area contributed by atoms with Crippen molar-refractivity contribution in [2.24, 2.45) is 5.92 Å². The van der Waals surface area contributed by atoms with Gasteiger partial charge in [0.05, 0.1) is 17.8 Å². The number of nitrogens with zero attached hydrogens (tertiary/aromatic N) is 4.